The molecule has 0 bridgehead atoms. The van der Waals surface area contributed by atoms with Crippen LogP contribution in [0.3, 0.4) is 0 Å². The van der Waals surface area contributed by atoms with Crippen molar-refractivity contribution in [2.24, 2.45) is 0 Å². The predicted octanol–water partition coefficient (Wildman–Crippen LogP) is 4.84. The quantitative estimate of drug-likeness (QED) is 0.402. The van der Waals surface area contributed by atoms with Crippen LogP contribution in [-0.2, 0) is 9.53 Å². The van der Waals surface area contributed by atoms with E-state index in [1.165, 1.54) is 0 Å². The Bertz CT molecular complexity index is 884. The van der Waals surface area contributed by atoms with Gasteiger partial charge in [-0.05, 0) is 49.3 Å². The van der Waals surface area contributed by atoms with Gasteiger partial charge >= 0.3 is 0 Å². The van der Waals surface area contributed by atoms with Gasteiger partial charge in [0.2, 0.25) is 0 Å². The van der Waals surface area contributed by atoms with Crippen molar-refractivity contribution in [1.82, 2.24) is 9.80 Å². The molecule has 2 saturated heterocycles. The molecule has 0 saturated carbocycles. The van der Waals surface area contributed by atoms with Crippen LogP contribution in [-0.4, -0.2) is 46.2 Å². The zero-order valence-corrected chi connectivity index (χ0v) is 18.5. The SMILES string of the molecule is C=CC1=C/C(=C2/C(=O)N(CC)C(=S)N(CC)C23CO3)c2ccccc2S1.CC. The Hall–Kier alpha value is -1.89. The molecule has 3 heterocycles. The second kappa shape index (κ2) is 8.23. The summed E-state index contributed by atoms with van der Waals surface area (Å²) in [7, 11) is 0. The molecule has 1 amide bonds. The summed E-state index contributed by atoms with van der Waals surface area (Å²) in [5.41, 5.74) is 1.92. The van der Waals surface area contributed by atoms with Gasteiger partial charge in [0.1, 0.15) is 6.61 Å². The Kier molecular flexibility index (Phi) is 6.12. The lowest BCUT2D eigenvalue weighted by Gasteiger charge is -2.42. The maximum atomic E-state index is 13.4. The van der Waals surface area contributed by atoms with Crippen molar-refractivity contribution >= 4 is 40.6 Å². The average molecular weight is 415 g/mol. The van der Waals surface area contributed by atoms with Gasteiger partial charge in [0, 0.05) is 22.9 Å². The van der Waals surface area contributed by atoms with Crippen LogP contribution in [0.5, 0.6) is 0 Å². The number of benzene rings is 1. The highest BCUT2D eigenvalue weighted by Gasteiger charge is 2.62. The van der Waals surface area contributed by atoms with E-state index in [9.17, 15) is 4.79 Å². The van der Waals surface area contributed by atoms with Crippen molar-refractivity contribution in [2.75, 3.05) is 19.7 Å². The lowest BCUT2D eigenvalue weighted by Crippen LogP contribution is -2.60. The molecule has 28 heavy (non-hydrogen) atoms. The summed E-state index contributed by atoms with van der Waals surface area (Å²) in [4.78, 5) is 19.2. The molecule has 0 aliphatic carbocycles. The molecule has 1 spiro atoms. The molecule has 1 aromatic rings. The molecule has 0 N–H and O–H groups in total. The number of rotatable bonds is 3. The Morgan fingerprint density at radius 2 is 1.96 bits per heavy atom. The molecule has 148 valence electrons. The highest BCUT2D eigenvalue weighted by atomic mass is 32.2. The number of allylic oxidation sites excluding steroid dienone is 3. The number of thiocarbonyl (C=S) groups is 1. The van der Waals surface area contributed by atoms with Crippen molar-refractivity contribution < 1.29 is 9.53 Å². The minimum Gasteiger partial charge on any atom is -0.343 e. The topological polar surface area (TPSA) is 36.1 Å². The van der Waals surface area contributed by atoms with Crippen LogP contribution in [0.2, 0.25) is 0 Å². The number of hydrogen-bond acceptors (Lipinski definition) is 4. The molecule has 2 fully saturated rings. The molecule has 3 aliphatic rings. The molecule has 1 atom stereocenters. The van der Waals surface area contributed by atoms with Crippen molar-refractivity contribution in [3.8, 4) is 0 Å². The maximum Gasteiger partial charge on any atom is 0.261 e. The van der Waals surface area contributed by atoms with Crippen LogP contribution in [0.15, 0.2) is 58.4 Å². The fourth-order valence-corrected chi connectivity index (χ4v) is 5.09. The number of fused-ring (bicyclic) bond motifs is 1. The van der Waals surface area contributed by atoms with Gasteiger partial charge in [-0.25, -0.2) is 0 Å². The smallest absolute Gasteiger partial charge is 0.261 e. The Labute approximate surface area is 176 Å². The molecule has 6 heteroatoms. The van der Waals surface area contributed by atoms with E-state index in [4.69, 9.17) is 17.0 Å². The maximum absolute atomic E-state index is 13.4. The lowest BCUT2D eigenvalue weighted by molar-refractivity contribution is -0.126. The molecule has 0 aromatic heterocycles. The summed E-state index contributed by atoms with van der Waals surface area (Å²) in [5.74, 6) is -0.0592. The predicted molar refractivity (Wildman–Crippen MR) is 120 cm³/mol. The minimum absolute atomic E-state index is 0.0592. The summed E-state index contributed by atoms with van der Waals surface area (Å²) >= 11 is 7.25. The van der Waals surface area contributed by atoms with Crippen LogP contribution < -0.4 is 0 Å². The van der Waals surface area contributed by atoms with Crippen LogP contribution in [0.4, 0.5) is 0 Å². The molecule has 1 unspecified atom stereocenters. The first-order valence-electron chi connectivity index (χ1n) is 9.71. The van der Waals surface area contributed by atoms with E-state index < -0.39 is 5.72 Å². The minimum atomic E-state index is -0.734. The molecule has 3 aliphatic heterocycles. The monoisotopic (exact) mass is 414 g/mol. The Balaban J connectivity index is 0.00000109. The summed E-state index contributed by atoms with van der Waals surface area (Å²) in [6, 6.07) is 8.15. The normalized spacial score (nSPS) is 25.8. The molecule has 1 aromatic carbocycles. The molecule has 0 radical (unpaired) electrons. The second-order valence-electron chi connectivity index (χ2n) is 6.29. The number of thioether (sulfide) groups is 1. The zero-order valence-electron chi connectivity index (χ0n) is 16.8. The van der Waals surface area contributed by atoms with E-state index >= 15 is 0 Å². The van der Waals surface area contributed by atoms with Gasteiger partial charge in [0.15, 0.2) is 10.8 Å². The second-order valence-corrected chi connectivity index (χ2v) is 7.77. The van der Waals surface area contributed by atoms with Crippen molar-refractivity contribution in [2.45, 2.75) is 38.3 Å². The largest absolute Gasteiger partial charge is 0.343 e. The molecular weight excluding hydrogens is 388 g/mol. The van der Waals surface area contributed by atoms with Crippen LogP contribution in [0.1, 0.15) is 33.3 Å². The Morgan fingerprint density at radius 1 is 1.29 bits per heavy atom. The average Bonchev–Trinajstić information content (AvgIpc) is 3.50. The lowest BCUT2D eigenvalue weighted by atomic mass is 9.90. The highest BCUT2D eigenvalue weighted by Crippen LogP contribution is 2.50. The molecular formula is C22H26N2O2S2. The number of carbonyl (C=O) groups excluding carboxylic acids is 1. The van der Waals surface area contributed by atoms with Crippen LogP contribution in [0, 0.1) is 0 Å². The van der Waals surface area contributed by atoms with Gasteiger partial charge in [0.25, 0.3) is 5.91 Å². The van der Waals surface area contributed by atoms with Gasteiger partial charge in [-0.2, -0.15) is 0 Å². The summed E-state index contributed by atoms with van der Waals surface area (Å²) < 4.78 is 5.90. The van der Waals surface area contributed by atoms with Gasteiger partial charge in [-0.15, -0.1) is 0 Å². The summed E-state index contributed by atoms with van der Waals surface area (Å²) in [6.45, 7) is 13.6. The van der Waals surface area contributed by atoms with Gasteiger partial charge in [-0.3, -0.25) is 9.69 Å². The number of ether oxygens (including phenoxy) is 1. The first-order chi connectivity index (χ1) is 13.6. The fraction of sp³-hybridized carbons (Fsp3) is 0.364. The number of amides is 1. The number of nitrogens with zero attached hydrogens (tertiary/aromatic N) is 2. The van der Waals surface area contributed by atoms with Crippen LogP contribution >= 0.6 is 24.0 Å². The van der Waals surface area contributed by atoms with E-state index in [0.717, 1.165) is 20.9 Å². The van der Waals surface area contributed by atoms with Crippen LogP contribution in [0.25, 0.3) is 5.57 Å². The number of epoxide rings is 1. The van der Waals surface area contributed by atoms with E-state index in [1.54, 1.807) is 16.7 Å². The highest BCUT2D eigenvalue weighted by molar-refractivity contribution is 8.03. The number of hydrogen-bond donors (Lipinski definition) is 0. The standard InChI is InChI=1S/C20H20N2O2S2.C2H6/c1-4-13-11-15(14-9-7-8-10-16(14)26-13)17-18(23)21(5-2)19(25)22(6-3)20(17)12-24-20;1-2/h4,7-11H,1,5-6,12H2,2-3H3;1-2H3/b17-15+;. The number of carbonyl (C=O) groups is 1. The first-order valence-corrected chi connectivity index (χ1v) is 10.9. The molecule has 4 nitrogen and oxygen atoms in total. The fourth-order valence-electron chi connectivity index (χ4n) is 3.65. The van der Waals surface area contributed by atoms with Gasteiger partial charge < -0.3 is 9.64 Å². The third-order valence-corrected chi connectivity index (χ3v) is 6.50. The van der Waals surface area contributed by atoms with Crippen molar-refractivity contribution in [1.29, 1.82) is 0 Å². The van der Waals surface area contributed by atoms with E-state index in [-0.39, 0.29) is 5.91 Å². The first kappa shape index (κ1) is 20.8. The number of likely N-dealkylation sites (N-methyl/N-ethyl adjacent to an activating group) is 2. The van der Waals surface area contributed by atoms with Crippen molar-refractivity contribution in [3.05, 3.63) is 59.0 Å². The zero-order chi connectivity index (χ0) is 20.5. The summed E-state index contributed by atoms with van der Waals surface area (Å²) in [5, 5.41) is 0.549. The van der Waals surface area contributed by atoms with E-state index in [2.05, 4.69) is 18.7 Å². The Morgan fingerprint density at radius 3 is 2.54 bits per heavy atom. The third-order valence-electron chi connectivity index (χ3n) is 4.96. The third kappa shape index (κ3) is 3.13. The van der Waals surface area contributed by atoms with Gasteiger partial charge in [-0.1, -0.05) is 56.5 Å². The van der Waals surface area contributed by atoms with E-state index in [1.807, 2.05) is 56.9 Å². The van der Waals surface area contributed by atoms with Crippen molar-refractivity contribution in [3.63, 3.8) is 0 Å². The molecule has 4 rings (SSSR count). The van der Waals surface area contributed by atoms with E-state index in [0.29, 0.717) is 30.4 Å². The van der Waals surface area contributed by atoms with Gasteiger partial charge in [0.05, 0.1) is 5.57 Å². The summed E-state index contributed by atoms with van der Waals surface area (Å²) in [6.07, 6.45) is 3.88.